The molecular weight excluding hydrogens is 372 g/mol. The molecule has 0 aromatic rings. The van der Waals surface area contributed by atoms with Gasteiger partial charge in [-0.15, -0.1) is 0 Å². The molecule has 0 aliphatic heterocycles. The molecule has 0 aromatic carbocycles. The number of esters is 1. The molecule has 0 unspecified atom stereocenters. The van der Waals surface area contributed by atoms with Gasteiger partial charge in [-0.1, -0.05) is 25.5 Å². The lowest BCUT2D eigenvalue weighted by Gasteiger charge is -2.64. The van der Waals surface area contributed by atoms with Crippen molar-refractivity contribution in [2.24, 2.45) is 28.6 Å². The molecule has 3 fully saturated rings. The Morgan fingerprint density at radius 1 is 1.14 bits per heavy atom. The quantitative estimate of drug-likeness (QED) is 0.479. The topological polar surface area (TPSA) is 104 Å². The molecule has 0 amide bonds. The number of rotatable bonds is 2. The summed E-state index contributed by atoms with van der Waals surface area (Å²) >= 11 is 0. The molecule has 3 N–H and O–H groups in total. The Morgan fingerprint density at radius 3 is 2.45 bits per heavy atom. The van der Waals surface area contributed by atoms with Crippen LogP contribution in [0.5, 0.6) is 0 Å². The third-order valence-corrected chi connectivity index (χ3v) is 9.13. The lowest BCUT2D eigenvalue weighted by molar-refractivity contribution is -0.268. The summed E-state index contributed by atoms with van der Waals surface area (Å²) < 4.78 is 5.76. The van der Waals surface area contributed by atoms with Crippen LogP contribution < -0.4 is 0 Å². The van der Waals surface area contributed by atoms with Crippen LogP contribution in [0, 0.1) is 28.6 Å². The first-order chi connectivity index (χ1) is 13.5. The molecule has 4 aliphatic rings. The second-order valence-corrected chi connectivity index (χ2v) is 10.3. The first-order valence-electron chi connectivity index (χ1n) is 10.9. The highest BCUT2D eigenvalue weighted by atomic mass is 16.6. The summed E-state index contributed by atoms with van der Waals surface area (Å²) in [7, 11) is 0. The highest BCUT2D eigenvalue weighted by Crippen LogP contribution is 2.68. The fraction of sp³-hybridized carbons (Fsp3) is 0.826. The number of Topliss-reactive ketones (excluding diaryl/α,β-unsaturated/α-hetero) is 1. The van der Waals surface area contributed by atoms with E-state index >= 15 is 0 Å². The molecule has 29 heavy (non-hydrogen) atoms. The van der Waals surface area contributed by atoms with Crippen LogP contribution in [0.1, 0.15) is 66.2 Å². The van der Waals surface area contributed by atoms with Crippen molar-refractivity contribution in [1.82, 2.24) is 0 Å². The number of ether oxygens (including phenoxy) is 1. The molecule has 0 spiro atoms. The predicted octanol–water partition coefficient (Wildman–Crippen LogP) is 2.14. The van der Waals surface area contributed by atoms with E-state index in [0.717, 1.165) is 5.57 Å². The van der Waals surface area contributed by atoms with E-state index in [0.29, 0.717) is 38.5 Å². The van der Waals surface area contributed by atoms with Crippen molar-refractivity contribution in [2.45, 2.75) is 90.1 Å². The summed E-state index contributed by atoms with van der Waals surface area (Å²) in [5.41, 5.74) is -1.49. The van der Waals surface area contributed by atoms with Gasteiger partial charge in [0.25, 0.3) is 0 Å². The minimum absolute atomic E-state index is 0.0402. The average Bonchev–Trinajstić information content (AvgIpc) is 2.92. The number of allylic oxidation sites excluding steroid dienone is 1. The van der Waals surface area contributed by atoms with Crippen LogP contribution in [-0.2, 0) is 14.3 Å². The second-order valence-electron chi connectivity index (χ2n) is 10.3. The van der Waals surface area contributed by atoms with Crippen LogP contribution in [-0.4, -0.2) is 51.0 Å². The smallest absolute Gasteiger partial charge is 0.303 e. The molecule has 6 nitrogen and oxygen atoms in total. The number of carbonyl (C=O) groups is 2. The van der Waals surface area contributed by atoms with E-state index < -0.39 is 35.1 Å². The van der Waals surface area contributed by atoms with Gasteiger partial charge in [0.1, 0.15) is 18.0 Å². The Labute approximate surface area is 172 Å². The zero-order valence-corrected chi connectivity index (χ0v) is 17.9. The highest BCUT2D eigenvalue weighted by molar-refractivity contribution is 5.80. The molecule has 4 rings (SSSR count). The SMILES string of the molecule is CC(=O)O[C@H]1[C@H]2[C@@H](CC=C3C[C@@H](O)CC[C@@]32C)[C@@]2(O)CC[C@H](C(C)=O)[C@@]2(C)[C@@H]1O. The Bertz CT molecular complexity index is 760. The van der Waals surface area contributed by atoms with Gasteiger partial charge in [0.05, 0.1) is 11.7 Å². The van der Waals surface area contributed by atoms with Crippen LogP contribution >= 0.6 is 0 Å². The average molecular weight is 407 g/mol. The molecule has 4 aliphatic carbocycles. The molecule has 0 saturated heterocycles. The summed E-state index contributed by atoms with van der Waals surface area (Å²) in [6, 6.07) is 0. The third-order valence-electron chi connectivity index (χ3n) is 9.13. The van der Waals surface area contributed by atoms with Gasteiger partial charge in [0, 0.05) is 24.2 Å². The molecule has 0 aromatic heterocycles. The minimum atomic E-state index is -1.20. The zero-order chi connectivity index (χ0) is 21.4. The van der Waals surface area contributed by atoms with Crippen molar-refractivity contribution >= 4 is 11.8 Å². The van der Waals surface area contributed by atoms with E-state index in [9.17, 15) is 24.9 Å². The van der Waals surface area contributed by atoms with Crippen LogP contribution in [0.2, 0.25) is 0 Å². The van der Waals surface area contributed by atoms with Crippen LogP contribution in [0.15, 0.2) is 11.6 Å². The lowest BCUT2D eigenvalue weighted by Crippen LogP contribution is -2.71. The summed E-state index contributed by atoms with van der Waals surface area (Å²) in [6.07, 6.45) is 3.38. The number of fused-ring (bicyclic) bond motifs is 5. The normalized spacial score (nSPS) is 51.3. The van der Waals surface area contributed by atoms with E-state index in [2.05, 4.69) is 13.0 Å². The maximum absolute atomic E-state index is 12.4. The van der Waals surface area contributed by atoms with E-state index in [-0.39, 0.29) is 29.1 Å². The van der Waals surface area contributed by atoms with Crippen molar-refractivity contribution in [2.75, 3.05) is 0 Å². The van der Waals surface area contributed by atoms with Crippen molar-refractivity contribution in [3.63, 3.8) is 0 Å². The number of hydrogen-bond acceptors (Lipinski definition) is 6. The summed E-state index contributed by atoms with van der Waals surface area (Å²) in [4.78, 5) is 24.5. The fourth-order valence-corrected chi connectivity index (χ4v) is 7.63. The Balaban J connectivity index is 1.87. The van der Waals surface area contributed by atoms with Gasteiger partial charge >= 0.3 is 5.97 Å². The zero-order valence-electron chi connectivity index (χ0n) is 17.9. The van der Waals surface area contributed by atoms with E-state index in [1.807, 2.05) is 0 Å². The molecule has 0 bridgehead atoms. The van der Waals surface area contributed by atoms with Gasteiger partial charge < -0.3 is 20.1 Å². The molecule has 3 saturated carbocycles. The van der Waals surface area contributed by atoms with Gasteiger partial charge in [-0.2, -0.15) is 0 Å². The van der Waals surface area contributed by atoms with E-state index in [4.69, 9.17) is 4.74 Å². The van der Waals surface area contributed by atoms with Gasteiger partial charge in [0.15, 0.2) is 0 Å². The van der Waals surface area contributed by atoms with Crippen LogP contribution in [0.4, 0.5) is 0 Å². The largest absolute Gasteiger partial charge is 0.459 e. The number of aliphatic hydroxyl groups is 3. The standard InChI is InChI=1S/C23H34O6/c1-12(24)16-8-10-23(28)17-6-5-14-11-15(26)7-9-21(14,3)18(17)19(29-13(2)25)20(27)22(16,23)4/h5,15-20,26-28H,6-11H2,1-4H3/t15-,16+,17+,18+,19-,20+,21-,22-,23-/m0/s1. The monoisotopic (exact) mass is 406 g/mol. The van der Waals surface area contributed by atoms with Crippen LogP contribution in [0.25, 0.3) is 0 Å². The van der Waals surface area contributed by atoms with Crippen LogP contribution in [0.3, 0.4) is 0 Å². The number of ketones is 1. The summed E-state index contributed by atoms with van der Waals surface area (Å²) in [5, 5.41) is 33.8. The molecule has 9 atom stereocenters. The van der Waals surface area contributed by atoms with E-state index in [1.165, 1.54) is 13.8 Å². The Hall–Kier alpha value is -1.24. The highest BCUT2D eigenvalue weighted by Gasteiger charge is 2.73. The minimum Gasteiger partial charge on any atom is -0.459 e. The first-order valence-corrected chi connectivity index (χ1v) is 10.9. The van der Waals surface area contributed by atoms with Gasteiger partial charge in [-0.3, -0.25) is 9.59 Å². The first kappa shape index (κ1) is 21.0. The van der Waals surface area contributed by atoms with Crippen molar-refractivity contribution in [3.8, 4) is 0 Å². The lowest BCUT2D eigenvalue weighted by atomic mass is 9.44. The predicted molar refractivity (Wildman–Crippen MR) is 106 cm³/mol. The summed E-state index contributed by atoms with van der Waals surface area (Å²) in [5.74, 6) is -1.43. The van der Waals surface area contributed by atoms with Crippen molar-refractivity contribution < 1.29 is 29.6 Å². The Morgan fingerprint density at radius 2 is 1.83 bits per heavy atom. The number of hydrogen-bond donors (Lipinski definition) is 3. The third kappa shape index (κ3) is 2.64. The van der Waals surface area contributed by atoms with Gasteiger partial charge in [0.2, 0.25) is 0 Å². The van der Waals surface area contributed by atoms with E-state index in [1.54, 1.807) is 6.92 Å². The molecule has 0 heterocycles. The molecule has 6 heteroatoms. The maximum atomic E-state index is 12.4. The van der Waals surface area contributed by atoms with Crippen molar-refractivity contribution in [3.05, 3.63) is 11.6 Å². The van der Waals surface area contributed by atoms with Crippen molar-refractivity contribution in [1.29, 1.82) is 0 Å². The molecule has 0 radical (unpaired) electrons. The summed E-state index contributed by atoms with van der Waals surface area (Å²) in [6.45, 7) is 6.78. The number of aliphatic hydroxyl groups excluding tert-OH is 2. The van der Waals surface area contributed by atoms with Gasteiger partial charge in [-0.25, -0.2) is 0 Å². The number of carbonyl (C=O) groups excluding carboxylic acids is 2. The molecular formula is C23H34O6. The fourth-order valence-electron chi connectivity index (χ4n) is 7.63. The van der Waals surface area contributed by atoms with Gasteiger partial charge in [-0.05, 0) is 56.8 Å². The second kappa shape index (κ2) is 6.63. The maximum Gasteiger partial charge on any atom is 0.303 e. The Kier molecular flexibility index (Phi) is 4.80. The molecule has 162 valence electrons.